The summed E-state index contributed by atoms with van der Waals surface area (Å²) in [5.74, 6) is -1.34. The van der Waals surface area contributed by atoms with Gasteiger partial charge in [-0.25, -0.2) is 4.39 Å². The number of carbonyl (C=O) groups is 1. The van der Waals surface area contributed by atoms with E-state index >= 15 is 0 Å². The van der Waals surface area contributed by atoms with Gasteiger partial charge in [-0.1, -0.05) is 11.6 Å². The third-order valence-corrected chi connectivity index (χ3v) is 2.20. The molecule has 0 aliphatic heterocycles. The number of amides is 1. The maximum absolute atomic E-state index is 13.5. The van der Waals surface area contributed by atoms with Crippen molar-refractivity contribution >= 4 is 17.5 Å². The summed E-state index contributed by atoms with van der Waals surface area (Å²) in [6.07, 6.45) is 0. The Bertz CT molecular complexity index is 554. The second kappa shape index (κ2) is 3.90. The van der Waals surface area contributed by atoms with Crippen LogP contribution in [-0.4, -0.2) is 21.3 Å². The van der Waals surface area contributed by atoms with E-state index in [0.29, 0.717) is 5.02 Å². The van der Waals surface area contributed by atoms with E-state index in [2.05, 4.69) is 15.4 Å². The molecule has 1 aromatic heterocycles. The second-order valence-electron chi connectivity index (χ2n) is 3.01. The molecule has 0 aliphatic carbocycles. The average molecular weight is 241 g/mol. The molecule has 0 saturated carbocycles. The van der Waals surface area contributed by atoms with Crippen molar-refractivity contribution in [1.29, 1.82) is 0 Å². The number of aromatic amines is 1. The van der Waals surface area contributed by atoms with Crippen LogP contribution in [0.3, 0.4) is 0 Å². The molecule has 7 heteroatoms. The molecule has 0 aliphatic rings. The van der Waals surface area contributed by atoms with Crippen LogP contribution in [0.4, 0.5) is 4.39 Å². The van der Waals surface area contributed by atoms with Crippen molar-refractivity contribution in [3.8, 4) is 11.3 Å². The molecule has 2 rings (SSSR count). The van der Waals surface area contributed by atoms with Gasteiger partial charge in [0.05, 0.1) is 0 Å². The van der Waals surface area contributed by atoms with Gasteiger partial charge in [-0.05, 0) is 18.2 Å². The summed E-state index contributed by atoms with van der Waals surface area (Å²) in [5, 5.41) is 9.76. The fourth-order valence-electron chi connectivity index (χ4n) is 1.27. The molecule has 0 spiro atoms. The predicted molar refractivity (Wildman–Crippen MR) is 55.3 cm³/mol. The van der Waals surface area contributed by atoms with Gasteiger partial charge in [-0.3, -0.25) is 4.79 Å². The van der Waals surface area contributed by atoms with Crippen LogP contribution >= 0.6 is 11.6 Å². The van der Waals surface area contributed by atoms with E-state index in [0.717, 1.165) is 0 Å². The predicted octanol–water partition coefficient (Wildman–Crippen LogP) is 1.36. The van der Waals surface area contributed by atoms with Crippen LogP contribution < -0.4 is 5.73 Å². The molecule has 0 radical (unpaired) electrons. The SMILES string of the molecule is NC(=O)c1n[nH]nc1-c1cc(Cl)ccc1F. The first-order valence-corrected chi connectivity index (χ1v) is 4.63. The van der Waals surface area contributed by atoms with Crippen LogP contribution in [0.2, 0.25) is 5.02 Å². The minimum absolute atomic E-state index is 0.0486. The maximum atomic E-state index is 13.5. The molecule has 0 unspecified atom stereocenters. The largest absolute Gasteiger partial charge is 0.364 e. The lowest BCUT2D eigenvalue weighted by molar-refractivity contribution is 0.0996. The quantitative estimate of drug-likeness (QED) is 0.831. The Hall–Kier alpha value is -1.95. The zero-order valence-corrected chi connectivity index (χ0v) is 8.62. The van der Waals surface area contributed by atoms with Gasteiger partial charge in [0.15, 0.2) is 5.69 Å². The minimum Gasteiger partial charge on any atom is -0.364 e. The number of hydrogen-bond acceptors (Lipinski definition) is 3. The van der Waals surface area contributed by atoms with Crippen molar-refractivity contribution in [2.24, 2.45) is 5.73 Å². The van der Waals surface area contributed by atoms with Crippen LogP contribution in [0.1, 0.15) is 10.5 Å². The van der Waals surface area contributed by atoms with Crippen molar-refractivity contribution in [1.82, 2.24) is 15.4 Å². The van der Waals surface area contributed by atoms with Crippen molar-refractivity contribution in [2.45, 2.75) is 0 Å². The lowest BCUT2D eigenvalue weighted by atomic mass is 10.1. The Balaban J connectivity index is 2.62. The van der Waals surface area contributed by atoms with Crippen molar-refractivity contribution in [3.63, 3.8) is 0 Å². The zero-order chi connectivity index (χ0) is 11.7. The monoisotopic (exact) mass is 240 g/mol. The number of rotatable bonds is 2. The van der Waals surface area contributed by atoms with Gasteiger partial charge in [0, 0.05) is 10.6 Å². The van der Waals surface area contributed by atoms with Gasteiger partial charge in [-0.2, -0.15) is 15.4 Å². The molecule has 0 bridgehead atoms. The number of carbonyl (C=O) groups excluding carboxylic acids is 1. The highest BCUT2D eigenvalue weighted by atomic mass is 35.5. The van der Waals surface area contributed by atoms with Crippen LogP contribution in [0, 0.1) is 5.82 Å². The molecule has 16 heavy (non-hydrogen) atoms. The number of nitrogens with zero attached hydrogens (tertiary/aromatic N) is 2. The molecule has 5 nitrogen and oxygen atoms in total. The molecule has 1 aromatic carbocycles. The topological polar surface area (TPSA) is 84.7 Å². The van der Waals surface area contributed by atoms with Crippen molar-refractivity contribution < 1.29 is 9.18 Å². The standard InChI is InChI=1S/C9H6ClFN4O/c10-4-1-2-6(11)5(3-4)7-8(9(12)16)14-15-13-7/h1-3H,(H2,12,16)(H,13,14,15). The number of nitrogens with one attached hydrogen (secondary N) is 1. The number of H-pyrrole nitrogens is 1. The molecular weight excluding hydrogens is 235 g/mol. The van der Waals surface area contributed by atoms with E-state index in [1.54, 1.807) is 0 Å². The van der Waals surface area contributed by atoms with E-state index in [9.17, 15) is 9.18 Å². The van der Waals surface area contributed by atoms with Crippen molar-refractivity contribution in [2.75, 3.05) is 0 Å². The van der Waals surface area contributed by atoms with E-state index < -0.39 is 11.7 Å². The lowest BCUT2D eigenvalue weighted by Crippen LogP contribution is -2.13. The van der Waals surface area contributed by atoms with Gasteiger partial charge in [0.2, 0.25) is 0 Å². The van der Waals surface area contributed by atoms with Gasteiger partial charge in [0.25, 0.3) is 5.91 Å². The molecule has 2 aromatic rings. The lowest BCUT2D eigenvalue weighted by Gasteiger charge is -2.00. The molecule has 0 fully saturated rings. The summed E-state index contributed by atoms with van der Waals surface area (Å²) in [4.78, 5) is 11.0. The first-order chi connectivity index (χ1) is 7.59. The van der Waals surface area contributed by atoms with Gasteiger partial charge >= 0.3 is 0 Å². The smallest absolute Gasteiger partial charge is 0.271 e. The molecule has 82 valence electrons. The fourth-order valence-corrected chi connectivity index (χ4v) is 1.44. The van der Waals surface area contributed by atoms with Gasteiger partial charge in [0.1, 0.15) is 11.5 Å². The molecule has 1 amide bonds. The van der Waals surface area contributed by atoms with E-state index in [1.165, 1.54) is 18.2 Å². The highest BCUT2D eigenvalue weighted by molar-refractivity contribution is 6.30. The first kappa shape index (κ1) is 10.6. The number of hydrogen-bond donors (Lipinski definition) is 2. The molecule has 3 N–H and O–H groups in total. The number of primary amides is 1. The van der Waals surface area contributed by atoms with E-state index in [4.69, 9.17) is 17.3 Å². The van der Waals surface area contributed by atoms with Gasteiger partial charge in [-0.15, -0.1) is 0 Å². The zero-order valence-electron chi connectivity index (χ0n) is 7.87. The normalized spacial score (nSPS) is 10.4. The Morgan fingerprint density at radius 1 is 1.44 bits per heavy atom. The van der Waals surface area contributed by atoms with Crippen LogP contribution in [0.5, 0.6) is 0 Å². The Morgan fingerprint density at radius 2 is 2.19 bits per heavy atom. The van der Waals surface area contributed by atoms with Crippen LogP contribution in [0.15, 0.2) is 18.2 Å². The summed E-state index contributed by atoms with van der Waals surface area (Å²) >= 11 is 5.72. The van der Waals surface area contributed by atoms with E-state index in [1.807, 2.05) is 0 Å². The third kappa shape index (κ3) is 1.74. The van der Waals surface area contributed by atoms with Gasteiger partial charge < -0.3 is 5.73 Å². The number of nitrogens with two attached hydrogens (primary N) is 1. The first-order valence-electron chi connectivity index (χ1n) is 4.25. The molecule has 1 heterocycles. The summed E-state index contributed by atoms with van der Waals surface area (Å²) < 4.78 is 13.5. The summed E-state index contributed by atoms with van der Waals surface area (Å²) in [6.45, 7) is 0. The fraction of sp³-hybridized carbons (Fsp3) is 0. The Kier molecular flexibility index (Phi) is 2.57. The van der Waals surface area contributed by atoms with Crippen LogP contribution in [-0.2, 0) is 0 Å². The average Bonchev–Trinajstić information content (AvgIpc) is 2.70. The van der Waals surface area contributed by atoms with Crippen LogP contribution in [0.25, 0.3) is 11.3 Å². The summed E-state index contributed by atoms with van der Waals surface area (Å²) in [6, 6.07) is 3.92. The Morgan fingerprint density at radius 3 is 2.88 bits per heavy atom. The molecule has 0 saturated heterocycles. The molecular formula is C9H6ClFN4O. The summed E-state index contributed by atoms with van der Waals surface area (Å²) in [7, 11) is 0. The highest BCUT2D eigenvalue weighted by Gasteiger charge is 2.18. The molecule has 0 atom stereocenters. The summed E-state index contributed by atoms with van der Waals surface area (Å²) in [5.41, 5.74) is 5.07. The maximum Gasteiger partial charge on any atom is 0.271 e. The Labute approximate surface area is 94.4 Å². The minimum atomic E-state index is -0.789. The second-order valence-corrected chi connectivity index (χ2v) is 3.45. The van der Waals surface area contributed by atoms with E-state index in [-0.39, 0.29) is 17.0 Å². The number of halogens is 2. The number of aromatic nitrogens is 3. The number of benzene rings is 1. The highest BCUT2D eigenvalue weighted by Crippen LogP contribution is 2.25. The third-order valence-electron chi connectivity index (χ3n) is 1.96. The van der Waals surface area contributed by atoms with Crippen molar-refractivity contribution in [3.05, 3.63) is 34.7 Å².